The Kier molecular flexibility index (Phi) is 3.87. The van der Waals surface area contributed by atoms with Crippen molar-refractivity contribution in [2.75, 3.05) is 6.54 Å². The van der Waals surface area contributed by atoms with Gasteiger partial charge >= 0.3 is 6.03 Å². The number of aliphatic hydroxyl groups is 1. The van der Waals surface area contributed by atoms with E-state index in [0.717, 1.165) is 4.90 Å². The van der Waals surface area contributed by atoms with Crippen LogP contribution >= 0.6 is 11.6 Å². The van der Waals surface area contributed by atoms with Crippen LogP contribution < -0.4 is 5.32 Å². The van der Waals surface area contributed by atoms with Crippen LogP contribution in [0.15, 0.2) is 47.1 Å². The first-order valence-electron chi connectivity index (χ1n) is 7.04. The summed E-state index contributed by atoms with van der Waals surface area (Å²) in [6, 6.07) is 9.42. The van der Waals surface area contributed by atoms with E-state index >= 15 is 0 Å². The second kappa shape index (κ2) is 5.72. The smallest absolute Gasteiger partial charge is 0.325 e. The van der Waals surface area contributed by atoms with Gasteiger partial charge in [-0.15, -0.1) is 0 Å². The number of aliphatic hydroxyl groups excluding tert-OH is 1. The average Bonchev–Trinajstić information content (AvgIpc) is 3.12. The van der Waals surface area contributed by atoms with E-state index in [2.05, 4.69) is 5.32 Å². The van der Waals surface area contributed by atoms with Crippen molar-refractivity contribution in [2.24, 2.45) is 0 Å². The molecule has 3 amide bonds. The van der Waals surface area contributed by atoms with Crippen molar-refractivity contribution >= 4 is 23.5 Å². The molecule has 1 aromatic heterocycles. The quantitative estimate of drug-likeness (QED) is 0.841. The van der Waals surface area contributed by atoms with Crippen LogP contribution in [0.3, 0.4) is 0 Å². The van der Waals surface area contributed by atoms with E-state index in [0.29, 0.717) is 16.3 Å². The fourth-order valence-corrected chi connectivity index (χ4v) is 2.87. The number of nitrogens with zero attached hydrogens (tertiary/aromatic N) is 1. The van der Waals surface area contributed by atoms with Crippen molar-refractivity contribution in [3.63, 3.8) is 0 Å². The zero-order chi connectivity index (χ0) is 16.6. The Balaban J connectivity index is 1.83. The Morgan fingerprint density at radius 1 is 1.30 bits per heavy atom. The number of hydrogen-bond donors (Lipinski definition) is 2. The highest BCUT2D eigenvalue weighted by atomic mass is 35.5. The third kappa shape index (κ3) is 2.60. The molecule has 1 aliphatic rings. The first-order valence-corrected chi connectivity index (χ1v) is 7.42. The van der Waals surface area contributed by atoms with Crippen LogP contribution in [-0.4, -0.2) is 28.5 Å². The van der Waals surface area contributed by atoms with Crippen molar-refractivity contribution < 1.29 is 19.1 Å². The van der Waals surface area contributed by atoms with Gasteiger partial charge in [-0.25, -0.2) is 4.79 Å². The van der Waals surface area contributed by atoms with Gasteiger partial charge in [0.25, 0.3) is 5.91 Å². The number of amides is 3. The number of halogens is 1. The van der Waals surface area contributed by atoms with Gasteiger partial charge < -0.3 is 14.8 Å². The summed E-state index contributed by atoms with van der Waals surface area (Å²) < 4.78 is 5.25. The normalized spacial score (nSPS) is 22.3. The predicted octanol–water partition coefficient (Wildman–Crippen LogP) is 2.43. The van der Waals surface area contributed by atoms with Crippen LogP contribution in [0, 0.1) is 0 Å². The van der Waals surface area contributed by atoms with Gasteiger partial charge in [0.1, 0.15) is 5.76 Å². The van der Waals surface area contributed by atoms with E-state index in [1.807, 2.05) is 0 Å². The Hall–Kier alpha value is -2.31. The van der Waals surface area contributed by atoms with Gasteiger partial charge in [-0.3, -0.25) is 9.69 Å². The number of furan rings is 1. The van der Waals surface area contributed by atoms with E-state index in [4.69, 9.17) is 16.0 Å². The highest BCUT2D eigenvalue weighted by molar-refractivity contribution is 6.31. The molecule has 2 aromatic rings. The first-order chi connectivity index (χ1) is 10.9. The molecule has 1 fully saturated rings. The molecule has 23 heavy (non-hydrogen) atoms. The largest absolute Gasteiger partial charge is 0.466 e. The number of carbonyl (C=O) groups is 2. The fraction of sp³-hybridized carbons (Fsp3) is 0.250. The molecule has 2 heterocycles. The van der Waals surface area contributed by atoms with E-state index in [1.54, 1.807) is 43.3 Å². The lowest BCUT2D eigenvalue weighted by molar-refractivity contribution is -0.132. The molecule has 0 spiro atoms. The summed E-state index contributed by atoms with van der Waals surface area (Å²) in [5, 5.41) is 13.3. The van der Waals surface area contributed by atoms with Crippen molar-refractivity contribution in [3.05, 3.63) is 59.0 Å². The third-order valence-electron chi connectivity index (χ3n) is 3.91. The topological polar surface area (TPSA) is 82.8 Å². The summed E-state index contributed by atoms with van der Waals surface area (Å²) in [6.07, 6.45) is 0.360. The van der Waals surface area contributed by atoms with Gasteiger partial charge in [0, 0.05) is 10.6 Å². The van der Waals surface area contributed by atoms with Gasteiger partial charge in [0.2, 0.25) is 0 Å². The number of hydrogen-bond acceptors (Lipinski definition) is 4. The van der Waals surface area contributed by atoms with Gasteiger partial charge in [0.05, 0.1) is 18.9 Å². The number of urea groups is 1. The maximum atomic E-state index is 12.6. The van der Waals surface area contributed by atoms with Gasteiger partial charge in [0.15, 0.2) is 5.54 Å². The Morgan fingerprint density at radius 2 is 2.04 bits per heavy atom. The minimum absolute atomic E-state index is 0.190. The average molecular weight is 335 g/mol. The molecule has 0 radical (unpaired) electrons. The molecule has 1 aliphatic heterocycles. The van der Waals surface area contributed by atoms with E-state index < -0.39 is 23.6 Å². The number of rotatable bonds is 4. The summed E-state index contributed by atoms with van der Waals surface area (Å²) in [6.45, 7) is 1.37. The molecule has 0 aliphatic carbocycles. The van der Waals surface area contributed by atoms with Crippen LogP contribution in [-0.2, 0) is 10.3 Å². The molecule has 2 atom stereocenters. The summed E-state index contributed by atoms with van der Waals surface area (Å²) in [4.78, 5) is 25.8. The van der Waals surface area contributed by atoms with Crippen molar-refractivity contribution in [1.82, 2.24) is 10.2 Å². The Labute approximate surface area is 137 Å². The minimum atomic E-state index is -1.28. The maximum absolute atomic E-state index is 12.6. The van der Waals surface area contributed by atoms with Crippen LogP contribution in [0.25, 0.3) is 0 Å². The molecule has 7 heteroatoms. The summed E-state index contributed by atoms with van der Waals surface area (Å²) >= 11 is 6.04. The summed E-state index contributed by atoms with van der Waals surface area (Å²) in [7, 11) is 0. The van der Waals surface area contributed by atoms with Crippen molar-refractivity contribution in [1.29, 1.82) is 0 Å². The van der Waals surface area contributed by atoms with Gasteiger partial charge in [-0.2, -0.15) is 0 Å². The lowest BCUT2D eigenvalue weighted by Crippen LogP contribution is -2.41. The lowest BCUT2D eigenvalue weighted by atomic mass is 9.99. The molecule has 6 nitrogen and oxygen atoms in total. The molecule has 0 unspecified atom stereocenters. The molecule has 1 saturated heterocycles. The van der Waals surface area contributed by atoms with Gasteiger partial charge in [-0.1, -0.05) is 29.8 Å². The second-order valence-electron chi connectivity index (χ2n) is 5.49. The third-order valence-corrected chi connectivity index (χ3v) is 4.25. The van der Waals surface area contributed by atoms with Crippen molar-refractivity contribution in [2.45, 2.75) is 18.6 Å². The van der Waals surface area contributed by atoms with Gasteiger partial charge in [-0.05, 0) is 25.1 Å². The fourth-order valence-electron chi connectivity index (χ4n) is 2.61. The molecule has 1 aromatic carbocycles. The van der Waals surface area contributed by atoms with Crippen LogP contribution in [0.4, 0.5) is 4.79 Å². The second-order valence-corrected chi connectivity index (χ2v) is 5.89. The molecule has 2 N–H and O–H groups in total. The van der Waals surface area contributed by atoms with Crippen LogP contribution in [0.1, 0.15) is 24.4 Å². The summed E-state index contributed by atoms with van der Waals surface area (Å²) in [5.74, 6) is -0.144. The molecular formula is C16H15ClN2O4. The zero-order valence-corrected chi connectivity index (χ0v) is 13.1. The van der Waals surface area contributed by atoms with Crippen LogP contribution in [0.5, 0.6) is 0 Å². The monoisotopic (exact) mass is 334 g/mol. The number of imide groups is 1. The predicted molar refractivity (Wildman–Crippen MR) is 82.7 cm³/mol. The molecule has 0 saturated carbocycles. The molecule has 0 bridgehead atoms. The van der Waals surface area contributed by atoms with E-state index in [-0.39, 0.29) is 6.54 Å². The highest BCUT2D eigenvalue weighted by Gasteiger charge is 2.51. The Morgan fingerprint density at radius 3 is 2.70 bits per heavy atom. The van der Waals surface area contributed by atoms with Crippen LogP contribution in [0.2, 0.25) is 5.02 Å². The maximum Gasteiger partial charge on any atom is 0.325 e. The summed E-state index contributed by atoms with van der Waals surface area (Å²) in [5.41, 5.74) is -0.817. The first kappa shape index (κ1) is 15.6. The molecule has 120 valence electrons. The number of nitrogens with one attached hydrogen (secondary N) is 1. The number of β-amino-alcohol motifs (C(OH)–C–C–N with tert-alkyl or cyclic N) is 1. The Bertz CT molecular complexity index is 746. The lowest BCUT2D eigenvalue weighted by Gasteiger charge is -2.21. The highest BCUT2D eigenvalue weighted by Crippen LogP contribution is 2.31. The number of carbonyl (C=O) groups excluding carboxylic acids is 2. The zero-order valence-electron chi connectivity index (χ0n) is 12.3. The molecule has 3 rings (SSSR count). The number of benzene rings is 1. The standard InChI is InChI=1S/C16H15ClN2O4/c1-16(13-7-4-8-23-13)14(21)19(15(22)18-16)9-12(20)10-5-2-3-6-11(10)17/h2-8,12,20H,9H2,1H3,(H,18,22)/t12-,16-/m0/s1. The molecular weight excluding hydrogens is 320 g/mol. The minimum Gasteiger partial charge on any atom is -0.466 e. The SMILES string of the molecule is C[C@@]1(c2ccco2)NC(=O)N(C[C@H](O)c2ccccc2Cl)C1=O. The van der Waals surface area contributed by atoms with E-state index in [9.17, 15) is 14.7 Å². The van der Waals surface area contributed by atoms with Crippen molar-refractivity contribution in [3.8, 4) is 0 Å². The van der Waals surface area contributed by atoms with E-state index in [1.165, 1.54) is 6.26 Å².